The van der Waals surface area contributed by atoms with Crippen molar-refractivity contribution < 1.29 is 33.4 Å². The summed E-state index contributed by atoms with van der Waals surface area (Å²) in [4.78, 5) is 65.0. The normalized spacial score (nSPS) is 17.6. The van der Waals surface area contributed by atoms with E-state index in [9.17, 15) is 28.7 Å². The number of carbonyl (C=O) groups is 4. The van der Waals surface area contributed by atoms with E-state index >= 15 is 0 Å². The highest BCUT2D eigenvalue weighted by molar-refractivity contribution is 6.04. The molecule has 4 atom stereocenters. The first kappa shape index (κ1) is 47.3. The molecule has 3 aromatic heterocycles. The van der Waals surface area contributed by atoms with Crippen molar-refractivity contribution in [2.24, 2.45) is 12.5 Å². The van der Waals surface area contributed by atoms with Gasteiger partial charge in [-0.25, -0.2) is 9.37 Å². The monoisotopic (exact) mass is 905 g/mol. The van der Waals surface area contributed by atoms with Crippen molar-refractivity contribution in [1.29, 1.82) is 0 Å². The lowest BCUT2D eigenvalue weighted by Crippen LogP contribution is -2.58. The number of anilines is 2. The molecule has 5 heterocycles. The van der Waals surface area contributed by atoms with E-state index in [1.165, 1.54) is 4.90 Å². The lowest BCUT2D eigenvalue weighted by molar-refractivity contribution is -0.144. The molecule has 0 bridgehead atoms. The zero-order chi connectivity index (χ0) is 47.1. The zero-order valence-electron chi connectivity index (χ0n) is 38.4. The molecular formula is C48H60FN11O6. The Labute approximate surface area is 384 Å². The maximum absolute atomic E-state index is 14.4. The van der Waals surface area contributed by atoms with Gasteiger partial charge in [-0.15, -0.1) is 0 Å². The molecule has 4 amide bonds. The number of alkyl halides is 1. The van der Waals surface area contributed by atoms with Crippen molar-refractivity contribution in [3.63, 3.8) is 0 Å². The number of halogens is 1. The number of rotatable bonds is 16. The number of aliphatic hydroxyl groups excluding tert-OH is 1. The number of benzene rings is 2. The van der Waals surface area contributed by atoms with Crippen LogP contribution in [0, 0.1) is 5.41 Å². The third-order valence-electron chi connectivity index (χ3n) is 12.3. The number of β-amino-alcohol motifs (C(OH)–C–C–N with tert-alkyl or cyclic N) is 1. The molecular weight excluding hydrogens is 846 g/mol. The molecule has 5 aromatic rings. The van der Waals surface area contributed by atoms with E-state index < -0.39 is 48.1 Å². The Morgan fingerprint density at radius 3 is 2.39 bits per heavy atom. The number of aromatic amines is 1. The van der Waals surface area contributed by atoms with Crippen LogP contribution in [-0.4, -0.2) is 135 Å². The maximum atomic E-state index is 14.4. The van der Waals surface area contributed by atoms with Gasteiger partial charge < -0.3 is 35.6 Å². The molecule has 2 aliphatic rings. The van der Waals surface area contributed by atoms with Crippen molar-refractivity contribution in [2.75, 3.05) is 63.3 Å². The van der Waals surface area contributed by atoms with Crippen LogP contribution in [-0.2, 0) is 27.9 Å². The third kappa shape index (κ3) is 11.1. The summed E-state index contributed by atoms with van der Waals surface area (Å²) in [6, 6.07) is 18.8. The summed E-state index contributed by atoms with van der Waals surface area (Å²) in [5, 5.41) is 30.7. The number of amides is 4. The quantitative estimate of drug-likeness (QED) is 0.0932. The van der Waals surface area contributed by atoms with E-state index in [0.29, 0.717) is 55.4 Å². The molecule has 7 rings (SSSR count). The molecule has 0 saturated carbocycles. The van der Waals surface area contributed by atoms with Crippen molar-refractivity contribution in [3.8, 4) is 28.4 Å². The minimum absolute atomic E-state index is 0.0133. The van der Waals surface area contributed by atoms with E-state index in [1.807, 2.05) is 83.3 Å². The minimum Gasteiger partial charge on any atom is -0.494 e. The van der Waals surface area contributed by atoms with Crippen LogP contribution in [0.4, 0.5) is 15.8 Å². The number of aliphatic hydroxyl groups is 1. The highest BCUT2D eigenvalue weighted by atomic mass is 19.1. The SMILES string of the molecule is CCc1cc(-c2cccc(C(=O)Nc3ccc(N4CCN(CCC(=O)N[C@H](C(=O)N5C[C@H](O)C[C@H]5C(=O)N[C@@H](CF)c5ccc(-c6ccnn6C)cc5)C(C)(C)C)CC4)cc3OC)n2)[nH]n1. The third-order valence-corrected chi connectivity index (χ3v) is 12.3. The van der Waals surface area contributed by atoms with Gasteiger partial charge in [-0.2, -0.15) is 10.2 Å². The van der Waals surface area contributed by atoms with Gasteiger partial charge in [0.05, 0.1) is 47.7 Å². The van der Waals surface area contributed by atoms with Crippen LogP contribution >= 0.6 is 0 Å². The molecule has 18 heteroatoms. The number of likely N-dealkylation sites (tertiary alicyclic amines) is 1. The second-order valence-corrected chi connectivity index (χ2v) is 17.9. The summed E-state index contributed by atoms with van der Waals surface area (Å²) in [7, 11) is 3.38. The van der Waals surface area contributed by atoms with Gasteiger partial charge in [0.25, 0.3) is 5.91 Å². The van der Waals surface area contributed by atoms with Gasteiger partial charge in [0, 0.05) is 77.1 Å². The van der Waals surface area contributed by atoms with Crippen molar-refractivity contribution in [3.05, 3.63) is 95.9 Å². The Bertz CT molecular complexity index is 2490. The van der Waals surface area contributed by atoms with Gasteiger partial charge in [-0.05, 0) is 59.4 Å². The Morgan fingerprint density at radius 1 is 0.985 bits per heavy atom. The van der Waals surface area contributed by atoms with Gasteiger partial charge >= 0.3 is 0 Å². The number of hydrogen-bond acceptors (Lipinski definition) is 11. The predicted molar refractivity (Wildman–Crippen MR) is 248 cm³/mol. The average molecular weight is 906 g/mol. The summed E-state index contributed by atoms with van der Waals surface area (Å²) < 4.78 is 21.8. The van der Waals surface area contributed by atoms with Crippen LogP contribution in [0.15, 0.2) is 79.0 Å². The highest BCUT2D eigenvalue weighted by Crippen LogP contribution is 2.32. The van der Waals surface area contributed by atoms with E-state index in [1.54, 1.807) is 42.3 Å². The minimum atomic E-state index is -1.05. The highest BCUT2D eigenvalue weighted by Gasteiger charge is 2.45. The summed E-state index contributed by atoms with van der Waals surface area (Å²) in [5.74, 6) is -1.25. The largest absolute Gasteiger partial charge is 0.494 e. The van der Waals surface area contributed by atoms with Crippen molar-refractivity contribution >= 4 is 35.0 Å². The van der Waals surface area contributed by atoms with Crippen LogP contribution in [0.25, 0.3) is 22.6 Å². The fourth-order valence-corrected chi connectivity index (χ4v) is 8.42. The number of nitrogens with one attached hydrogen (secondary N) is 4. The molecule has 0 unspecified atom stereocenters. The standard InChI is InChI=1S/C48H60FN11O6/c1-7-32-25-38(56-55-32)35-9-8-10-37(51-35)45(63)52-36-16-15-33(26-42(36)66-6)59-23-21-58(22-24-59)20-18-43(62)54-44(48(2,3)4)47(65)60-29-34(61)27-41(60)46(64)53-39(28-49)30-11-13-31(14-12-30)40-17-19-50-57(40)5/h8-17,19,25-26,34,39,41,44,61H,7,18,20-24,27-29H2,1-6H3,(H,52,63)(H,53,64)(H,54,62)(H,55,56)/t34-,39+,41+,44-/m1/s1. The van der Waals surface area contributed by atoms with Gasteiger partial charge in [-0.3, -0.25) is 33.9 Å². The van der Waals surface area contributed by atoms with Crippen LogP contribution in [0.1, 0.15) is 68.3 Å². The molecule has 2 aliphatic heterocycles. The number of nitrogens with zero attached hydrogens (tertiary/aromatic N) is 7. The second-order valence-electron chi connectivity index (χ2n) is 17.9. The van der Waals surface area contributed by atoms with Crippen molar-refractivity contribution in [2.45, 2.75) is 71.2 Å². The molecule has 0 spiro atoms. The van der Waals surface area contributed by atoms with Crippen LogP contribution in [0.3, 0.4) is 0 Å². The number of aryl methyl sites for hydroxylation is 2. The van der Waals surface area contributed by atoms with Crippen LogP contribution in [0.2, 0.25) is 0 Å². The average Bonchev–Trinajstić information content (AvgIpc) is 4.09. The van der Waals surface area contributed by atoms with Gasteiger partial charge in [-0.1, -0.05) is 58.0 Å². The Morgan fingerprint density at radius 2 is 1.74 bits per heavy atom. The molecule has 2 aromatic carbocycles. The van der Waals surface area contributed by atoms with E-state index in [2.05, 4.69) is 46.0 Å². The number of ether oxygens (including phenoxy) is 1. The maximum Gasteiger partial charge on any atom is 0.274 e. The first-order valence-corrected chi connectivity index (χ1v) is 22.4. The van der Waals surface area contributed by atoms with Gasteiger partial charge in [0.1, 0.15) is 30.2 Å². The predicted octanol–water partition coefficient (Wildman–Crippen LogP) is 4.53. The molecule has 2 fully saturated rings. The van der Waals surface area contributed by atoms with Gasteiger partial charge in [0.15, 0.2) is 0 Å². The molecule has 2 saturated heterocycles. The Balaban J connectivity index is 0.904. The Kier molecular flexibility index (Phi) is 14.8. The molecule has 5 N–H and O–H groups in total. The number of pyridine rings is 1. The van der Waals surface area contributed by atoms with Crippen molar-refractivity contribution in [1.82, 2.24) is 45.4 Å². The number of piperazine rings is 1. The number of hydrogen-bond donors (Lipinski definition) is 5. The number of carbonyl (C=O) groups excluding carboxylic acids is 4. The second kappa shape index (κ2) is 20.7. The number of methoxy groups -OCH3 is 1. The molecule has 350 valence electrons. The lowest BCUT2D eigenvalue weighted by Gasteiger charge is -2.37. The number of aromatic nitrogens is 5. The summed E-state index contributed by atoms with van der Waals surface area (Å²) >= 11 is 0. The molecule has 0 aliphatic carbocycles. The first-order valence-electron chi connectivity index (χ1n) is 22.4. The first-order chi connectivity index (χ1) is 31.6. The summed E-state index contributed by atoms with van der Waals surface area (Å²) in [6.07, 6.45) is 1.64. The summed E-state index contributed by atoms with van der Waals surface area (Å²) in [5.41, 5.74) is 5.53. The van der Waals surface area contributed by atoms with Gasteiger partial charge in [0.2, 0.25) is 17.7 Å². The lowest BCUT2D eigenvalue weighted by atomic mass is 9.85. The van der Waals surface area contributed by atoms with E-state index in [0.717, 1.165) is 34.8 Å². The molecule has 66 heavy (non-hydrogen) atoms. The van der Waals surface area contributed by atoms with Crippen LogP contribution < -0.4 is 25.6 Å². The smallest absolute Gasteiger partial charge is 0.274 e. The van der Waals surface area contributed by atoms with E-state index in [4.69, 9.17) is 4.74 Å². The Hall–Kier alpha value is -6.66. The zero-order valence-corrected chi connectivity index (χ0v) is 38.4. The summed E-state index contributed by atoms with van der Waals surface area (Å²) in [6.45, 7) is 9.76. The topological polar surface area (TPSA) is 203 Å². The molecule has 17 nitrogen and oxygen atoms in total. The molecule has 0 radical (unpaired) electrons. The number of H-pyrrole nitrogens is 1. The fraction of sp³-hybridized carbons (Fsp3) is 0.438. The van der Waals surface area contributed by atoms with Crippen LogP contribution in [0.5, 0.6) is 5.75 Å². The fourth-order valence-electron chi connectivity index (χ4n) is 8.42. The van der Waals surface area contributed by atoms with E-state index in [-0.39, 0.29) is 36.9 Å².